The zero-order valence-electron chi connectivity index (χ0n) is 43.3. The summed E-state index contributed by atoms with van der Waals surface area (Å²) in [5.74, 6) is 2.43. The van der Waals surface area contributed by atoms with E-state index >= 15 is 0 Å². The molecule has 0 spiro atoms. The van der Waals surface area contributed by atoms with E-state index in [4.69, 9.17) is 0 Å². The van der Waals surface area contributed by atoms with E-state index in [1.165, 1.54) is 110 Å². The minimum atomic E-state index is 0.0195. The molecule has 0 aromatic rings. The third-order valence-corrected chi connectivity index (χ3v) is 20.1. The molecule has 0 saturated carbocycles. The van der Waals surface area contributed by atoms with E-state index in [0.717, 1.165) is 44.9 Å². The highest BCUT2D eigenvalue weighted by Crippen LogP contribution is 2.57. The minimum Gasteiger partial charge on any atom is -0.364 e. The van der Waals surface area contributed by atoms with Crippen LogP contribution in [-0.4, -0.2) is 34.0 Å². The molecular formula is C69H77N3. The Labute approximate surface area is 431 Å². The number of likely N-dealkylation sites (tertiary alicyclic amines) is 1. The molecule has 0 aromatic carbocycles. The van der Waals surface area contributed by atoms with Crippen molar-refractivity contribution in [3.8, 4) is 0 Å². The van der Waals surface area contributed by atoms with E-state index in [2.05, 4.69) is 175 Å². The summed E-state index contributed by atoms with van der Waals surface area (Å²) in [5.41, 5.74) is 21.6. The van der Waals surface area contributed by atoms with Gasteiger partial charge in [-0.15, -0.1) is 0 Å². The molecule has 3 nitrogen and oxygen atoms in total. The van der Waals surface area contributed by atoms with E-state index in [0.29, 0.717) is 59.7 Å². The maximum atomic E-state index is 3.98. The molecule has 72 heavy (non-hydrogen) atoms. The van der Waals surface area contributed by atoms with Gasteiger partial charge in [-0.3, -0.25) is 0 Å². The number of hydrogen-bond donors (Lipinski definition) is 1. The molecule has 10 unspecified atom stereocenters. The first-order valence-corrected chi connectivity index (χ1v) is 29.0. The lowest BCUT2D eigenvalue weighted by Gasteiger charge is -2.59. The van der Waals surface area contributed by atoms with Gasteiger partial charge in [0.2, 0.25) is 0 Å². The number of rotatable bonds is 7. The van der Waals surface area contributed by atoms with Crippen molar-refractivity contribution in [2.24, 2.45) is 40.9 Å². The number of allylic oxidation sites excluding steroid dienone is 28. The van der Waals surface area contributed by atoms with Gasteiger partial charge in [0.25, 0.3) is 0 Å². The molecule has 14 aliphatic rings. The molecule has 1 N–H and O–H groups in total. The Balaban J connectivity index is 0.840. The van der Waals surface area contributed by atoms with Crippen molar-refractivity contribution < 1.29 is 0 Å². The summed E-state index contributed by atoms with van der Waals surface area (Å²) >= 11 is 0. The van der Waals surface area contributed by atoms with Crippen LogP contribution >= 0.6 is 0 Å². The fourth-order valence-electron chi connectivity index (χ4n) is 16.5. The maximum absolute atomic E-state index is 3.98. The molecule has 3 heteroatoms. The van der Waals surface area contributed by atoms with Crippen LogP contribution in [0.25, 0.3) is 0 Å². The highest BCUT2D eigenvalue weighted by atomic mass is 15.2. The molecule has 0 aromatic heterocycles. The number of fused-ring (bicyclic) bond motifs is 8. The fourth-order valence-corrected chi connectivity index (χ4v) is 16.5. The molecule has 2 aliphatic heterocycles. The largest absolute Gasteiger partial charge is 0.364 e. The summed E-state index contributed by atoms with van der Waals surface area (Å²) < 4.78 is 0. The molecule has 14 rings (SSSR count). The van der Waals surface area contributed by atoms with Crippen LogP contribution in [0.5, 0.6) is 0 Å². The molecule has 2 heterocycles. The van der Waals surface area contributed by atoms with Crippen molar-refractivity contribution >= 4 is 0 Å². The third kappa shape index (κ3) is 7.63. The molecule has 1 saturated heterocycles. The van der Waals surface area contributed by atoms with Gasteiger partial charge in [0, 0.05) is 64.3 Å². The number of hydrogen-bond acceptors (Lipinski definition) is 3. The Morgan fingerprint density at radius 1 is 0.569 bits per heavy atom. The smallest absolute Gasteiger partial charge is 0.0577 e. The average molecular weight is 948 g/mol. The average Bonchev–Trinajstić information content (AvgIpc) is 3.78. The van der Waals surface area contributed by atoms with Crippen LogP contribution in [0, 0.1) is 40.9 Å². The minimum absolute atomic E-state index is 0.0195. The quantitative estimate of drug-likeness (QED) is 0.257. The van der Waals surface area contributed by atoms with Crippen LogP contribution in [0.4, 0.5) is 0 Å². The van der Waals surface area contributed by atoms with Crippen molar-refractivity contribution in [3.05, 3.63) is 224 Å². The Morgan fingerprint density at radius 3 is 2.19 bits per heavy atom. The van der Waals surface area contributed by atoms with Gasteiger partial charge in [-0.25, -0.2) is 0 Å². The van der Waals surface area contributed by atoms with Crippen LogP contribution < -0.4 is 5.32 Å². The van der Waals surface area contributed by atoms with E-state index in [1.54, 1.807) is 39.3 Å². The van der Waals surface area contributed by atoms with Gasteiger partial charge in [-0.05, 0) is 183 Å². The standard InChI is InChI=1S/C69H77N3/c1-69(2)62-42-48(46-30-36-64(70-50-20-8-4-9-21-50)59(40-46)45-18-6-3-7-19-45)32-38-67(62)72(52-34-35-57-55-26-13-12-24-53(55)54-25-14-15-27-56(54)60(57)44-52)68-39-33-49(43-63(68)69)47-31-37-66-61(41-47)58-28-16-17-29-65(58)71(66)51-22-10-5-11-23-51/h3,5-6,10,12,14-15,18,20,24-25,27,31-33,36-44,46,51,54,56,61-63,66-68,70H,4,7-9,11,13,16-17,19,21-23,26,28-30,34-35H2,1-2H3. The Kier molecular flexibility index (Phi) is 11.5. The highest BCUT2D eigenvalue weighted by Gasteiger charge is 2.54. The normalized spacial score (nSPS) is 35.9. The van der Waals surface area contributed by atoms with Gasteiger partial charge in [-0.2, -0.15) is 0 Å². The summed E-state index contributed by atoms with van der Waals surface area (Å²) in [6.07, 6.45) is 82.5. The van der Waals surface area contributed by atoms with Crippen molar-refractivity contribution in [2.45, 2.75) is 154 Å². The van der Waals surface area contributed by atoms with Crippen LogP contribution in [-0.2, 0) is 0 Å². The first-order valence-electron chi connectivity index (χ1n) is 29.0. The Morgan fingerprint density at radius 2 is 1.36 bits per heavy atom. The topological polar surface area (TPSA) is 18.5 Å². The zero-order chi connectivity index (χ0) is 47.9. The van der Waals surface area contributed by atoms with Gasteiger partial charge in [0.15, 0.2) is 0 Å². The SMILES string of the molecule is CC1(C)C2C=C(C3=CC4C5=C(CCCC5)N(C5CC=CCC5)C4C=C3)C=CC2N(C2=CC3=C(CC2)C2=C(C=CCC2)C2C=CC=CC32)C2C=CC(C3C=C(C4=CC=CCC4)C(NC4=CCCCC4)=CC3)=CC21. The van der Waals surface area contributed by atoms with Gasteiger partial charge in [-0.1, -0.05) is 154 Å². The number of nitrogens with zero attached hydrogens (tertiary/aromatic N) is 2. The van der Waals surface area contributed by atoms with E-state index in [9.17, 15) is 0 Å². The van der Waals surface area contributed by atoms with Gasteiger partial charge in [0.1, 0.15) is 0 Å². The number of nitrogens with one attached hydrogen (secondary N) is 1. The number of piperidine rings is 1. The molecule has 10 atom stereocenters. The predicted octanol–water partition coefficient (Wildman–Crippen LogP) is 16.2. The summed E-state index contributed by atoms with van der Waals surface area (Å²) in [4.78, 5) is 5.88. The highest BCUT2D eigenvalue weighted by molar-refractivity contribution is 5.60. The molecular weight excluding hydrogens is 871 g/mol. The monoisotopic (exact) mass is 948 g/mol. The van der Waals surface area contributed by atoms with Crippen molar-refractivity contribution in [2.75, 3.05) is 0 Å². The first kappa shape index (κ1) is 45.1. The van der Waals surface area contributed by atoms with Gasteiger partial charge < -0.3 is 15.1 Å². The Hall–Kier alpha value is -5.54. The predicted molar refractivity (Wildman–Crippen MR) is 299 cm³/mol. The molecule has 1 fully saturated rings. The molecule has 0 bridgehead atoms. The third-order valence-electron chi connectivity index (χ3n) is 20.1. The summed E-state index contributed by atoms with van der Waals surface area (Å²) in [6.45, 7) is 5.28. The Bertz CT molecular complexity index is 2930. The van der Waals surface area contributed by atoms with Crippen LogP contribution in [0.1, 0.15) is 129 Å². The van der Waals surface area contributed by atoms with Crippen molar-refractivity contribution in [1.82, 2.24) is 15.1 Å². The molecule has 368 valence electrons. The first-order chi connectivity index (χ1) is 35.5. The second-order valence-electron chi connectivity index (χ2n) is 24.4. The second kappa shape index (κ2) is 18.4. The van der Waals surface area contributed by atoms with Crippen LogP contribution in [0.2, 0.25) is 0 Å². The van der Waals surface area contributed by atoms with Crippen LogP contribution in [0.3, 0.4) is 0 Å². The maximum Gasteiger partial charge on any atom is 0.0577 e. The van der Waals surface area contributed by atoms with Crippen molar-refractivity contribution in [1.29, 1.82) is 0 Å². The summed E-state index contributed by atoms with van der Waals surface area (Å²) in [6, 6.07) is 1.70. The van der Waals surface area contributed by atoms with E-state index in [1.807, 2.05) is 0 Å². The lowest BCUT2D eigenvalue weighted by Crippen LogP contribution is -2.61. The van der Waals surface area contributed by atoms with E-state index in [-0.39, 0.29) is 5.41 Å². The lowest BCUT2D eigenvalue weighted by atomic mass is 9.57. The second-order valence-corrected chi connectivity index (χ2v) is 24.4. The van der Waals surface area contributed by atoms with Crippen molar-refractivity contribution in [3.63, 3.8) is 0 Å². The summed E-state index contributed by atoms with van der Waals surface area (Å²) in [5, 5.41) is 3.98. The van der Waals surface area contributed by atoms with Crippen LogP contribution in [0.15, 0.2) is 224 Å². The molecule has 0 amide bonds. The lowest BCUT2D eigenvalue weighted by molar-refractivity contribution is -0.00292. The molecule has 0 radical (unpaired) electrons. The van der Waals surface area contributed by atoms with Gasteiger partial charge >= 0.3 is 0 Å². The molecule has 12 aliphatic carbocycles. The fraction of sp³-hybridized carbons (Fsp3) is 0.449. The zero-order valence-corrected chi connectivity index (χ0v) is 43.3. The van der Waals surface area contributed by atoms with E-state index < -0.39 is 0 Å². The summed E-state index contributed by atoms with van der Waals surface area (Å²) in [7, 11) is 0. The van der Waals surface area contributed by atoms with Gasteiger partial charge in [0.05, 0.1) is 18.1 Å².